The lowest BCUT2D eigenvalue weighted by molar-refractivity contribution is -0.0123. The summed E-state index contributed by atoms with van der Waals surface area (Å²) >= 11 is 0. The Morgan fingerprint density at radius 1 is 1.06 bits per heavy atom. The first-order chi connectivity index (χ1) is 23.4. The fourth-order valence-electron chi connectivity index (χ4n) is 6.30. The van der Waals surface area contributed by atoms with Crippen molar-refractivity contribution in [1.29, 1.82) is 0 Å². The molecule has 1 saturated carbocycles. The second-order valence-corrected chi connectivity index (χ2v) is 15.1. The zero-order chi connectivity index (χ0) is 35.6. The number of carbonyl (C=O) groups is 2. The fraction of sp³-hybridized carbons (Fsp3) is 0.611. The zero-order valence-corrected chi connectivity index (χ0v) is 30.3. The summed E-state index contributed by atoms with van der Waals surface area (Å²) < 4.78 is 46.9. The van der Waals surface area contributed by atoms with Crippen LogP contribution in [0.15, 0.2) is 47.4 Å². The van der Waals surface area contributed by atoms with E-state index in [2.05, 4.69) is 10.0 Å². The number of nitrogens with zero attached hydrogens (tertiary/aromatic N) is 2. The number of anilines is 1. The molecule has 2 aromatic rings. The number of carbonyl (C=O) groups excluding carboxylic acids is 2. The molecule has 3 amide bonds. The summed E-state index contributed by atoms with van der Waals surface area (Å²) in [7, 11) is -0.718. The minimum atomic E-state index is -3.99. The number of sulfonamides is 1. The third-order valence-corrected chi connectivity index (χ3v) is 10.8. The number of hydrogen-bond donors (Lipinski definition) is 3. The summed E-state index contributed by atoms with van der Waals surface area (Å²) in [6.45, 7) is 6.43. The van der Waals surface area contributed by atoms with Crippen molar-refractivity contribution in [2.24, 2.45) is 5.92 Å². The Kier molecular flexibility index (Phi) is 14.0. The van der Waals surface area contributed by atoms with Crippen molar-refractivity contribution < 1.29 is 37.3 Å². The van der Waals surface area contributed by atoms with Gasteiger partial charge in [-0.1, -0.05) is 26.2 Å². The highest BCUT2D eigenvalue weighted by Crippen LogP contribution is 2.30. The van der Waals surface area contributed by atoms with E-state index in [1.807, 2.05) is 13.8 Å². The monoisotopic (exact) mass is 702 g/mol. The molecule has 0 saturated heterocycles. The number of amides is 3. The summed E-state index contributed by atoms with van der Waals surface area (Å²) in [4.78, 5) is 30.8. The Morgan fingerprint density at radius 2 is 1.76 bits per heavy atom. The molecule has 49 heavy (non-hydrogen) atoms. The lowest BCUT2D eigenvalue weighted by Crippen LogP contribution is -2.50. The van der Waals surface area contributed by atoms with Crippen LogP contribution in [0.1, 0.15) is 82.5 Å². The van der Waals surface area contributed by atoms with Crippen LogP contribution < -0.4 is 19.5 Å². The van der Waals surface area contributed by atoms with E-state index < -0.39 is 22.0 Å². The second kappa shape index (κ2) is 17.9. The molecule has 0 unspecified atom stereocenters. The standard InChI is InChI=1S/C36H54N4O8S/c1-25-22-40(26(2)24-41)35(42)32-21-29(38-49(44,45)31-17-15-30(46-5)16-18-31)14-19-33(32)48-27(3)11-9-10-20-47-34(25)23-39(4)36(43)37-28-12-7-6-8-13-28/h14-19,21,25-28,34,38,41H,6-13,20,22-24H2,1-5H3,(H,37,43)/t25-,26+,27+,34-/m0/s1. The van der Waals surface area contributed by atoms with E-state index in [1.165, 1.54) is 31.7 Å². The van der Waals surface area contributed by atoms with E-state index >= 15 is 0 Å². The Bertz CT molecular complexity index is 1480. The molecule has 0 spiro atoms. The number of benzene rings is 2. The van der Waals surface area contributed by atoms with Crippen LogP contribution >= 0.6 is 0 Å². The highest BCUT2D eigenvalue weighted by molar-refractivity contribution is 7.92. The third kappa shape index (κ3) is 10.7. The summed E-state index contributed by atoms with van der Waals surface area (Å²) in [5.41, 5.74) is 0.365. The predicted octanol–water partition coefficient (Wildman–Crippen LogP) is 5.27. The third-order valence-electron chi connectivity index (χ3n) is 9.41. The maximum Gasteiger partial charge on any atom is 0.317 e. The first kappa shape index (κ1) is 38.3. The van der Waals surface area contributed by atoms with Crippen LogP contribution in [-0.2, 0) is 14.8 Å². The van der Waals surface area contributed by atoms with Gasteiger partial charge in [0.05, 0.1) is 42.4 Å². The first-order valence-corrected chi connectivity index (χ1v) is 18.9. The summed E-state index contributed by atoms with van der Waals surface area (Å²) in [5.74, 6) is 0.222. The van der Waals surface area contributed by atoms with Crippen LogP contribution in [0.25, 0.3) is 0 Å². The van der Waals surface area contributed by atoms with Crippen LogP contribution in [0.4, 0.5) is 10.5 Å². The molecule has 1 fully saturated rings. The average Bonchev–Trinajstić information content (AvgIpc) is 3.09. The molecular formula is C36H54N4O8S. The van der Waals surface area contributed by atoms with Gasteiger partial charge in [0.2, 0.25) is 0 Å². The molecule has 1 aliphatic carbocycles. The van der Waals surface area contributed by atoms with Crippen molar-refractivity contribution in [2.75, 3.05) is 45.2 Å². The number of urea groups is 1. The Balaban J connectivity index is 1.61. The molecular weight excluding hydrogens is 648 g/mol. The number of hydrogen-bond acceptors (Lipinski definition) is 8. The van der Waals surface area contributed by atoms with Crippen molar-refractivity contribution >= 4 is 27.6 Å². The van der Waals surface area contributed by atoms with Crippen molar-refractivity contribution in [3.8, 4) is 11.5 Å². The number of aliphatic hydroxyl groups is 1. The minimum absolute atomic E-state index is 0.0392. The molecule has 4 rings (SSSR count). The average molecular weight is 703 g/mol. The van der Waals surface area contributed by atoms with Gasteiger partial charge in [-0.05, 0) is 88.4 Å². The second-order valence-electron chi connectivity index (χ2n) is 13.5. The quantitative estimate of drug-likeness (QED) is 0.321. The van der Waals surface area contributed by atoms with Gasteiger partial charge in [-0.3, -0.25) is 9.52 Å². The van der Waals surface area contributed by atoms with E-state index in [4.69, 9.17) is 14.2 Å². The largest absolute Gasteiger partial charge is 0.497 e. The first-order valence-electron chi connectivity index (χ1n) is 17.4. The van der Waals surface area contributed by atoms with Crippen molar-refractivity contribution in [1.82, 2.24) is 15.1 Å². The Labute approximate surface area is 291 Å². The number of methoxy groups -OCH3 is 1. The number of aliphatic hydroxyl groups excluding tert-OH is 1. The maximum absolute atomic E-state index is 14.4. The van der Waals surface area contributed by atoms with Crippen LogP contribution in [0, 0.1) is 5.92 Å². The normalized spacial score (nSPS) is 22.2. The maximum atomic E-state index is 14.4. The van der Waals surface area contributed by atoms with Crippen LogP contribution in [0.5, 0.6) is 11.5 Å². The minimum Gasteiger partial charge on any atom is -0.497 e. The van der Waals surface area contributed by atoms with Crippen molar-refractivity contribution in [2.45, 2.75) is 101 Å². The topological polar surface area (TPSA) is 147 Å². The fourth-order valence-corrected chi connectivity index (χ4v) is 7.35. The van der Waals surface area contributed by atoms with Crippen molar-refractivity contribution in [3.05, 3.63) is 48.0 Å². The van der Waals surface area contributed by atoms with E-state index in [0.29, 0.717) is 31.1 Å². The van der Waals surface area contributed by atoms with Gasteiger partial charge in [0.1, 0.15) is 11.5 Å². The molecule has 2 aliphatic rings. The van der Waals surface area contributed by atoms with Gasteiger partial charge in [-0.25, -0.2) is 13.2 Å². The summed E-state index contributed by atoms with van der Waals surface area (Å²) in [6, 6.07) is 10.1. The van der Waals surface area contributed by atoms with Gasteiger partial charge < -0.3 is 34.4 Å². The smallest absolute Gasteiger partial charge is 0.317 e. The van der Waals surface area contributed by atoms with Crippen LogP contribution in [-0.4, -0.2) is 100 Å². The lowest BCUT2D eigenvalue weighted by Gasteiger charge is -2.36. The molecule has 4 atom stereocenters. The Morgan fingerprint density at radius 3 is 2.43 bits per heavy atom. The molecule has 13 heteroatoms. The summed E-state index contributed by atoms with van der Waals surface area (Å²) in [5, 5.41) is 13.4. The zero-order valence-electron chi connectivity index (χ0n) is 29.5. The molecule has 1 aliphatic heterocycles. The number of likely N-dealkylation sites (N-methyl/N-ethyl adjacent to an activating group) is 1. The van der Waals surface area contributed by atoms with E-state index in [9.17, 15) is 23.1 Å². The molecule has 0 radical (unpaired) electrons. The summed E-state index contributed by atoms with van der Waals surface area (Å²) in [6.07, 6.45) is 7.14. The highest BCUT2D eigenvalue weighted by atomic mass is 32.2. The number of nitrogens with one attached hydrogen (secondary N) is 2. The predicted molar refractivity (Wildman–Crippen MR) is 189 cm³/mol. The molecule has 0 aromatic heterocycles. The molecule has 12 nitrogen and oxygen atoms in total. The van der Waals surface area contributed by atoms with Gasteiger partial charge in [0.25, 0.3) is 15.9 Å². The number of ether oxygens (including phenoxy) is 3. The van der Waals surface area contributed by atoms with Gasteiger partial charge in [0, 0.05) is 44.4 Å². The van der Waals surface area contributed by atoms with Crippen LogP contribution in [0.3, 0.4) is 0 Å². The molecule has 0 bridgehead atoms. The highest BCUT2D eigenvalue weighted by Gasteiger charge is 2.31. The van der Waals surface area contributed by atoms with Crippen molar-refractivity contribution in [3.63, 3.8) is 0 Å². The van der Waals surface area contributed by atoms with Gasteiger partial charge in [-0.15, -0.1) is 0 Å². The van der Waals surface area contributed by atoms with Gasteiger partial charge in [-0.2, -0.15) is 0 Å². The number of fused-ring (bicyclic) bond motifs is 1. The van der Waals surface area contributed by atoms with Crippen LogP contribution in [0.2, 0.25) is 0 Å². The van der Waals surface area contributed by atoms with E-state index in [0.717, 1.165) is 38.5 Å². The molecule has 272 valence electrons. The van der Waals surface area contributed by atoms with E-state index in [-0.39, 0.29) is 59.5 Å². The SMILES string of the molecule is COc1ccc(S(=O)(=O)Nc2ccc3c(c2)C(=O)N([C@H](C)CO)C[C@H](C)[C@H](CN(C)C(=O)NC2CCCCC2)OCCCC[C@@H](C)O3)cc1. The van der Waals surface area contributed by atoms with Gasteiger partial charge >= 0.3 is 6.03 Å². The molecule has 3 N–H and O–H groups in total. The van der Waals surface area contributed by atoms with Gasteiger partial charge in [0.15, 0.2) is 0 Å². The number of rotatable bonds is 9. The molecule has 2 aromatic carbocycles. The molecule has 1 heterocycles. The Hall–Kier alpha value is -3.55. The lowest BCUT2D eigenvalue weighted by atomic mass is 9.96. The van der Waals surface area contributed by atoms with E-state index in [1.54, 1.807) is 48.0 Å².